The summed E-state index contributed by atoms with van der Waals surface area (Å²) in [6, 6.07) is 14.8. The summed E-state index contributed by atoms with van der Waals surface area (Å²) in [5.74, 6) is -0.191. The van der Waals surface area contributed by atoms with E-state index in [0.717, 1.165) is 18.9 Å². The van der Waals surface area contributed by atoms with Crippen molar-refractivity contribution in [3.8, 4) is 11.6 Å². The van der Waals surface area contributed by atoms with Gasteiger partial charge in [0.05, 0.1) is 0 Å². The largest absolute Gasteiger partial charge is 0.437 e. The Morgan fingerprint density at radius 3 is 2.62 bits per heavy atom. The number of hydrogen-bond donors (Lipinski definition) is 1. The molecular weight excluding hydrogens is 435 g/mol. The summed E-state index contributed by atoms with van der Waals surface area (Å²) in [6.07, 6.45) is 4.82. The van der Waals surface area contributed by atoms with Crippen molar-refractivity contribution in [3.05, 3.63) is 84.1 Å². The summed E-state index contributed by atoms with van der Waals surface area (Å²) in [7, 11) is 0. The fraction of sp³-hybridized carbons (Fsp3) is 0.308. The number of benzene rings is 2. The molecule has 2 amide bonds. The maximum absolute atomic E-state index is 13.5. The summed E-state index contributed by atoms with van der Waals surface area (Å²) in [5, 5.41) is 2.75. The zero-order valence-electron chi connectivity index (χ0n) is 19.2. The molecule has 1 saturated heterocycles. The molecule has 176 valence electrons. The quantitative estimate of drug-likeness (QED) is 0.590. The molecule has 1 N–H and O–H groups in total. The monoisotopic (exact) mass is 462 g/mol. The molecule has 0 spiro atoms. The lowest BCUT2D eigenvalue weighted by atomic mass is 9.92. The van der Waals surface area contributed by atoms with E-state index in [1.165, 1.54) is 18.2 Å². The fourth-order valence-electron chi connectivity index (χ4n) is 4.11. The van der Waals surface area contributed by atoms with Crippen LogP contribution in [0.5, 0.6) is 11.6 Å². The third kappa shape index (κ3) is 5.39. The number of likely N-dealkylation sites (tertiary alicyclic amines) is 1. The number of nitrogens with zero attached hydrogens (tertiary/aromatic N) is 3. The second-order valence-electron chi connectivity index (χ2n) is 8.84. The number of carbonyl (C=O) groups excluding carboxylic acids is 2. The summed E-state index contributed by atoms with van der Waals surface area (Å²) in [6.45, 7) is 4.32. The van der Waals surface area contributed by atoms with Gasteiger partial charge in [0, 0.05) is 37.0 Å². The average molecular weight is 463 g/mol. The van der Waals surface area contributed by atoms with Crippen molar-refractivity contribution in [1.29, 1.82) is 0 Å². The van der Waals surface area contributed by atoms with E-state index >= 15 is 0 Å². The van der Waals surface area contributed by atoms with Crippen LogP contribution in [0.15, 0.2) is 67.0 Å². The van der Waals surface area contributed by atoms with Gasteiger partial charge in [0.2, 0.25) is 11.8 Å². The van der Waals surface area contributed by atoms with E-state index in [0.29, 0.717) is 30.4 Å². The van der Waals surface area contributed by atoms with Gasteiger partial charge >= 0.3 is 0 Å². The van der Waals surface area contributed by atoms with Crippen LogP contribution < -0.4 is 10.1 Å². The molecule has 34 heavy (non-hydrogen) atoms. The molecule has 1 aliphatic heterocycles. The Labute approximate surface area is 198 Å². The van der Waals surface area contributed by atoms with Crippen molar-refractivity contribution in [2.45, 2.75) is 38.1 Å². The maximum Gasteiger partial charge on any atom is 0.252 e. The highest BCUT2D eigenvalue weighted by Crippen LogP contribution is 2.33. The Balaban J connectivity index is 1.47. The number of para-hydroxylation sites is 1. The standard InChI is InChI=1S/C26H27FN4O3/c1-26(2,30-23(32)18-8-6-10-20(27)16-18)25(33)31-15-7-9-19(17-31)22-24(29-14-13-28-22)34-21-11-4-3-5-12-21/h3-6,8,10-14,16,19H,7,9,15,17H2,1-2H3,(H,30,32). The van der Waals surface area contributed by atoms with Crippen molar-refractivity contribution in [1.82, 2.24) is 20.2 Å². The lowest BCUT2D eigenvalue weighted by Crippen LogP contribution is -2.57. The van der Waals surface area contributed by atoms with Crippen LogP contribution in [0, 0.1) is 5.82 Å². The van der Waals surface area contributed by atoms with E-state index in [1.807, 2.05) is 30.3 Å². The number of hydrogen-bond acceptors (Lipinski definition) is 5. The minimum Gasteiger partial charge on any atom is -0.437 e. The van der Waals surface area contributed by atoms with Crippen LogP contribution >= 0.6 is 0 Å². The molecular formula is C26H27FN4O3. The molecule has 2 aromatic carbocycles. The number of nitrogens with one attached hydrogen (secondary N) is 1. The van der Waals surface area contributed by atoms with Crippen LogP contribution in [0.4, 0.5) is 4.39 Å². The number of rotatable bonds is 6. The first-order chi connectivity index (χ1) is 16.3. The number of amides is 2. The molecule has 0 aliphatic carbocycles. The van der Waals surface area contributed by atoms with Crippen LogP contribution in [0.2, 0.25) is 0 Å². The molecule has 4 rings (SSSR count). The minimum absolute atomic E-state index is 0.0557. The van der Waals surface area contributed by atoms with E-state index in [4.69, 9.17) is 4.74 Å². The molecule has 8 heteroatoms. The third-order valence-corrected chi connectivity index (χ3v) is 5.79. The Kier molecular flexibility index (Phi) is 6.86. The highest BCUT2D eigenvalue weighted by Gasteiger charge is 2.37. The number of aromatic nitrogens is 2. The summed E-state index contributed by atoms with van der Waals surface area (Å²) in [5.41, 5.74) is -0.304. The molecule has 1 aromatic heterocycles. The van der Waals surface area contributed by atoms with E-state index < -0.39 is 17.3 Å². The first-order valence-electron chi connectivity index (χ1n) is 11.2. The normalized spacial score (nSPS) is 16.1. The predicted octanol–water partition coefficient (Wildman–Crippen LogP) is 4.32. The molecule has 0 saturated carbocycles. The molecule has 1 unspecified atom stereocenters. The minimum atomic E-state index is -1.17. The second-order valence-corrected chi connectivity index (χ2v) is 8.84. The van der Waals surface area contributed by atoms with Gasteiger partial charge in [-0.05, 0) is 57.0 Å². The molecule has 3 aromatic rings. The first-order valence-corrected chi connectivity index (χ1v) is 11.2. The van der Waals surface area contributed by atoms with Crippen molar-refractivity contribution < 1.29 is 18.7 Å². The summed E-state index contributed by atoms with van der Waals surface area (Å²) < 4.78 is 19.5. The summed E-state index contributed by atoms with van der Waals surface area (Å²) in [4.78, 5) is 36.6. The first kappa shape index (κ1) is 23.4. The molecule has 2 heterocycles. The predicted molar refractivity (Wildman–Crippen MR) is 125 cm³/mol. The molecule has 0 radical (unpaired) electrons. The smallest absolute Gasteiger partial charge is 0.252 e. The van der Waals surface area contributed by atoms with Crippen LogP contribution in [0.1, 0.15) is 48.7 Å². The molecule has 0 bridgehead atoms. The van der Waals surface area contributed by atoms with Crippen LogP contribution in [0.3, 0.4) is 0 Å². The number of halogens is 1. The second kappa shape index (κ2) is 9.99. The summed E-state index contributed by atoms with van der Waals surface area (Å²) >= 11 is 0. The average Bonchev–Trinajstić information content (AvgIpc) is 2.84. The molecule has 1 atom stereocenters. The van der Waals surface area contributed by atoms with Gasteiger partial charge in [-0.2, -0.15) is 0 Å². The Hall–Kier alpha value is -3.81. The molecule has 1 aliphatic rings. The molecule has 1 fully saturated rings. The lowest BCUT2D eigenvalue weighted by Gasteiger charge is -2.37. The van der Waals surface area contributed by atoms with Gasteiger partial charge in [-0.15, -0.1) is 0 Å². The van der Waals surface area contributed by atoms with Crippen molar-refractivity contribution >= 4 is 11.8 Å². The Morgan fingerprint density at radius 2 is 1.85 bits per heavy atom. The Bertz CT molecular complexity index is 1170. The number of piperidine rings is 1. The Morgan fingerprint density at radius 1 is 1.09 bits per heavy atom. The van der Waals surface area contributed by atoms with Gasteiger partial charge in [0.25, 0.3) is 5.91 Å². The SMILES string of the molecule is CC(C)(NC(=O)c1cccc(F)c1)C(=O)N1CCCC(c2nccnc2Oc2ccccc2)C1. The van der Waals surface area contributed by atoms with Crippen molar-refractivity contribution in [2.75, 3.05) is 13.1 Å². The maximum atomic E-state index is 13.5. The third-order valence-electron chi connectivity index (χ3n) is 5.79. The van der Waals surface area contributed by atoms with Crippen LogP contribution in [-0.4, -0.2) is 45.3 Å². The van der Waals surface area contributed by atoms with Gasteiger partial charge in [-0.25, -0.2) is 9.37 Å². The number of ether oxygens (including phenoxy) is 1. The number of carbonyl (C=O) groups is 2. The van der Waals surface area contributed by atoms with Gasteiger partial charge in [0.15, 0.2) is 0 Å². The zero-order chi connectivity index (χ0) is 24.1. The van der Waals surface area contributed by atoms with Gasteiger partial charge in [0.1, 0.15) is 22.8 Å². The van der Waals surface area contributed by atoms with E-state index in [1.54, 1.807) is 31.1 Å². The van der Waals surface area contributed by atoms with Crippen LogP contribution in [-0.2, 0) is 4.79 Å². The van der Waals surface area contributed by atoms with Crippen molar-refractivity contribution in [3.63, 3.8) is 0 Å². The van der Waals surface area contributed by atoms with E-state index in [9.17, 15) is 14.0 Å². The van der Waals surface area contributed by atoms with E-state index in [2.05, 4.69) is 15.3 Å². The lowest BCUT2D eigenvalue weighted by molar-refractivity contribution is -0.138. The molecule has 7 nitrogen and oxygen atoms in total. The van der Waals surface area contributed by atoms with Crippen LogP contribution in [0.25, 0.3) is 0 Å². The van der Waals surface area contributed by atoms with Gasteiger partial charge < -0.3 is 15.0 Å². The highest BCUT2D eigenvalue weighted by atomic mass is 19.1. The van der Waals surface area contributed by atoms with Crippen molar-refractivity contribution in [2.24, 2.45) is 0 Å². The fourth-order valence-corrected chi connectivity index (χ4v) is 4.11. The zero-order valence-corrected chi connectivity index (χ0v) is 19.2. The topological polar surface area (TPSA) is 84.4 Å². The van der Waals surface area contributed by atoms with E-state index in [-0.39, 0.29) is 17.4 Å². The van der Waals surface area contributed by atoms with Gasteiger partial charge in [-0.3, -0.25) is 14.6 Å². The van der Waals surface area contributed by atoms with Gasteiger partial charge in [-0.1, -0.05) is 24.3 Å². The highest BCUT2D eigenvalue weighted by molar-refractivity contribution is 5.99.